The molecule has 0 amide bonds. The molecule has 4 heteroatoms. The van der Waals surface area contributed by atoms with Gasteiger partial charge in [0.25, 0.3) is 0 Å². The first kappa shape index (κ1) is 14.5. The highest BCUT2D eigenvalue weighted by Gasteiger charge is 2.52. The van der Waals surface area contributed by atoms with Gasteiger partial charge in [-0.05, 0) is 17.5 Å². The van der Waals surface area contributed by atoms with E-state index in [0.29, 0.717) is 11.1 Å². The number of phenolic OH excluding ortho intramolecular Hbond substituents is 1. The van der Waals surface area contributed by atoms with Gasteiger partial charge in [0.1, 0.15) is 5.75 Å². The van der Waals surface area contributed by atoms with Gasteiger partial charge in [-0.1, -0.05) is 50.2 Å². The molecular weight excluding hydrogens is 278 g/mol. The number of hydrogen-bond donors (Lipinski definition) is 2. The number of Topliss-reactive ketones (excluding diaryl/α,β-unsaturated/α-hetero) is 2. The van der Waals surface area contributed by atoms with Gasteiger partial charge < -0.3 is 10.8 Å². The number of benzene rings is 2. The summed E-state index contributed by atoms with van der Waals surface area (Å²) >= 11 is 0. The second kappa shape index (κ2) is 4.78. The molecule has 2 aromatic rings. The van der Waals surface area contributed by atoms with Crippen molar-refractivity contribution in [2.24, 2.45) is 5.73 Å². The Kier molecular flexibility index (Phi) is 3.15. The van der Waals surface area contributed by atoms with Crippen molar-refractivity contribution in [3.05, 3.63) is 64.7 Å². The summed E-state index contributed by atoms with van der Waals surface area (Å²) in [6.07, 6.45) is 0. The third-order valence-electron chi connectivity index (χ3n) is 4.25. The summed E-state index contributed by atoms with van der Waals surface area (Å²) in [7, 11) is 0. The van der Waals surface area contributed by atoms with E-state index in [-0.39, 0.29) is 17.2 Å². The number of fused-ring (bicyclic) bond motifs is 1. The molecule has 112 valence electrons. The Balaban J connectivity index is 2.17. The average Bonchev–Trinajstić information content (AvgIpc) is 2.70. The number of aromatic hydroxyl groups is 1. The highest BCUT2D eigenvalue weighted by atomic mass is 16.3. The number of nitrogens with two attached hydrogens (primary N) is 1. The predicted octanol–water partition coefficient (Wildman–Crippen LogP) is 2.75. The van der Waals surface area contributed by atoms with Gasteiger partial charge in [0.05, 0.1) is 0 Å². The topological polar surface area (TPSA) is 80.4 Å². The zero-order chi connectivity index (χ0) is 16.1. The molecule has 0 heterocycles. The molecule has 0 fully saturated rings. The fourth-order valence-corrected chi connectivity index (χ4v) is 2.89. The highest BCUT2D eigenvalue weighted by Crippen LogP contribution is 2.40. The molecule has 0 aromatic heterocycles. The van der Waals surface area contributed by atoms with Crippen molar-refractivity contribution in [3.63, 3.8) is 0 Å². The molecule has 4 nitrogen and oxygen atoms in total. The highest BCUT2D eigenvalue weighted by molar-refractivity contribution is 6.32. The van der Waals surface area contributed by atoms with E-state index in [1.165, 1.54) is 0 Å². The minimum atomic E-state index is -1.84. The summed E-state index contributed by atoms with van der Waals surface area (Å²) in [5.41, 5.74) is 6.03. The summed E-state index contributed by atoms with van der Waals surface area (Å²) in [4.78, 5) is 25.3. The van der Waals surface area contributed by atoms with Crippen LogP contribution in [-0.2, 0) is 5.54 Å². The van der Waals surface area contributed by atoms with Crippen LogP contribution in [0.25, 0.3) is 0 Å². The molecule has 0 radical (unpaired) electrons. The van der Waals surface area contributed by atoms with Crippen LogP contribution < -0.4 is 5.73 Å². The van der Waals surface area contributed by atoms with Gasteiger partial charge in [0.2, 0.25) is 0 Å². The number of hydrogen-bond acceptors (Lipinski definition) is 4. The molecule has 22 heavy (non-hydrogen) atoms. The third kappa shape index (κ3) is 1.81. The second-order valence-electron chi connectivity index (χ2n) is 5.94. The van der Waals surface area contributed by atoms with E-state index in [2.05, 4.69) is 0 Å². The zero-order valence-corrected chi connectivity index (χ0v) is 12.5. The molecular formula is C18H17NO3. The fourth-order valence-electron chi connectivity index (χ4n) is 2.89. The molecule has 1 aliphatic rings. The molecule has 0 atom stereocenters. The van der Waals surface area contributed by atoms with E-state index in [9.17, 15) is 14.7 Å². The SMILES string of the molecule is CC(C)c1ccc(C2(N)C(=O)c3ccccc3C2=O)c(O)c1. The molecule has 1 aliphatic carbocycles. The van der Waals surface area contributed by atoms with Crippen LogP contribution in [0, 0.1) is 0 Å². The summed E-state index contributed by atoms with van der Waals surface area (Å²) in [6, 6.07) is 11.5. The largest absolute Gasteiger partial charge is 0.508 e. The summed E-state index contributed by atoms with van der Waals surface area (Å²) in [5, 5.41) is 10.3. The van der Waals surface area contributed by atoms with Crippen LogP contribution >= 0.6 is 0 Å². The number of ketones is 2. The summed E-state index contributed by atoms with van der Waals surface area (Å²) in [6.45, 7) is 3.99. The lowest BCUT2D eigenvalue weighted by Crippen LogP contribution is -2.47. The Hall–Kier alpha value is -2.46. The van der Waals surface area contributed by atoms with Crippen LogP contribution in [0.1, 0.15) is 51.6 Å². The first-order chi connectivity index (χ1) is 10.4. The van der Waals surface area contributed by atoms with Crippen LogP contribution in [0.3, 0.4) is 0 Å². The molecule has 0 bridgehead atoms. The van der Waals surface area contributed by atoms with E-state index in [4.69, 9.17) is 5.73 Å². The van der Waals surface area contributed by atoms with Crippen LogP contribution in [-0.4, -0.2) is 16.7 Å². The third-order valence-corrected chi connectivity index (χ3v) is 4.25. The van der Waals surface area contributed by atoms with Gasteiger partial charge >= 0.3 is 0 Å². The minimum absolute atomic E-state index is 0.122. The maximum Gasteiger partial charge on any atom is 0.196 e. The molecule has 0 saturated heterocycles. The van der Waals surface area contributed by atoms with E-state index >= 15 is 0 Å². The number of phenols is 1. The van der Waals surface area contributed by atoms with Crippen molar-refractivity contribution in [2.75, 3.05) is 0 Å². The lowest BCUT2D eigenvalue weighted by molar-refractivity contribution is 0.0796. The van der Waals surface area contributed by atoms with Crippen molar-refractivity contribution in [3.8, 4) is 5.75 Å². The number of carbonyl (C=O) groups is 2. The summed E-state index contributed by atoms with van der Waals surface area (Å²) in [5.74, 6) is -0.842. The second-order valence-corrected chi connectivity index (χ2v) is 5.94. The van der Waals surface area contributed by atoms with E-state index in [1.807, 2.05) is 13.8 Å². The van der Waals surface area contributed by atoms with Crippen molar-refractivity contribution in [1.82, 2.24) is 0 Å². The first-order valence-corrected chi connectivity index (χ1v) is 7.18. The van der Waals surface area contributed by atoms with E-state index in [0.717, 1.165) is 5.56 Å². The minimum Gasteiger partial charge on any atom is -0.508 e. The number of carbonyl (C=O) groups excluding carboxylic acids is 2. The lowest BCUT2D eigenvalue weighted by atomic mass is 9.84. The van der Waals surface area contributed by atoms with Crippen molar-refractivity contribution >= 4 is 11.6 Å². The normalized spacial score (nSPS) is 16.2. The van der Waals surface area contributed by atoms with Crippen molar-refractivity contribution < 1.29 is 14.7 Å². The first-order valence-electron chi connectivity index (χ1n) is 7.18. The van der Waals surface area contributed by atoms with E-state index < -0.39 is 17.1 Å². The van der Waals surface area contributed by atoms with Gasteiger partial charge in [-0.2, -0.15) is 0 Å². The molecule has 2 aromatic carbocycles. The molecule has 0 saturated carbocycles. The molecule has 0 spiro atoms. The van der Waals surface area contributed by atoms with Gasteiger partial charge in [0.15, 0.2) is 17.1 Å². The van der Waals surface area contributed by atoms with Crippen LogP contribution in [0.15, 0.2) is 42.5 Å². The summed E-state index contributed by atoms with van der Waals surface area (Å²) < 4.78 is 0. The molecule has 3 rings (SSSR count). The van der Waals surface area contributed by atoms with Gasteiger partial charge in [-0.25, -0.2) is 0 Å². The average molecular weight is 295 g/mol. The van der Waals surface area contributed by atoms with Crippen LogP contribution in [0.5, 0.6) is 5.75 Å². The van der Waals surface area contributed by atoms with Crippen LogP contribution in [0.4, 0.5) is 0 Å². The van der Waals surface area contributed by atoms with Crippen molar-refractivity contribution in [2.45, 2.75) is 25.3 Å². The quantitative estimate of drug-likeness (QED) is 0.835. The van der Waals surface area contributed by atoms with Crippen LogP contribution in [0.2, 0.25) is 0 Å². The monoisotopic (exact) mass is 295 g/mol. The maximum atomic E-state index is 12.6. The fraction of sp³-hybridized carbons (Fsp3) is 0.222. The van der Waals surface area contributed by atoms with E-state index in [1.54, 1.807) is 42.5 Å². The molecule has 0 unspecified atom stereocenters. The predicted molar refractivity (Wildman–Crippen MR) is 83.2 cm³/mol. The lowest BCUT2D eigenvalue weighted by Gasteiger charge is -2.22. The Morgan fingerprint density at radius 2 is 1.55 bits per heavy atom. The Morgan fingerprint density at radius 1 is 1.00 bits per heavy atom. The zero-order valence-electron chi connectivity index (χ0n) is 12.5. The molecule has 0 aliphatic heterocycles. The molecule has 3 N–H and O–H groups in total. The standard InChI is InChI=1S/C18H17NO3/c1-10(2)11-7-8-14(15(20)9-11)18(19)16(21)12-5-3-4-6-13(12)17(18)22/h3-10,20H,19H2,1-2H3. The Bertz CT molecular complexity index is 758. The Morgan fingerprint density at radius 3 is 2.00 bits per heavy atom. The Labute approximate surface area is 128 Å². The van der Waals surface area contributed by atoms with Crippen molar-refractivity contribution in [1.29, 1.82) is 0 Å². The number of rotatable bonds is 2. The smallest absolute Gasteiger partial charge is 0.196 e. The van der Waals surface area contributed by atoms with Gasteiger partial charge in [-0.15, -0.1) is 0 Å². The maximum absolute atomic E-state index is 12.6. The van der Waals surface area contributed by atoms with Gasteiger partial charge in [0, 0.05) is 16.7 Å². The van der Waals surface area contributed by atoms with Gasteiger partial charge in [-0.3, -0.25) is 9.59 Å².